The fourth-order valence-electron chi connectivity index (χ4n) is 2.22. The summed E-state index contributed by atoms with van der Waals surface area (Å²) in [6, 6.07) is 18.0. The van der Waals surface area contributed by atoms with Gasteiger partial charge in [0.15, 0.2) is 0 Å². The highest BCUT2D eigenvalue weighted by molar-refractivity contribution is 5.95. The third-order valence-electron chi connectivity index (χ3n) is 3.77. The summed E-state index contributed by atoms with van der Waals surface area (Å²) in [5.41, 5.74) is 2.89. The van der Waals surface area contributed by atoms with Gasteiger partial charge >= 0.3 is 0 Å². The van der Waals surface area contributed by atoms with Crippen molar-refractivity contribution in [2.45, 2.75) is 19.9 Å². The van der Waals surface area contributed by atoms with Gasteiger partial charge in [-0.15, -0.1) is 0 Å². The second-order valence-corrected chi connectivity index (χ2v) is 5.32. The Morgan fingerprint density at radius 1 is 1.10 bits per heavy atom. The molecule has 0 fully saturated rings. The highest BCUT2D eigenvalue weighted by Gasteiger charge is 2.13. The van der Waals surface area contributed by atoms with Crippen LogP contribution in [-0.4, -0.2) is 25.5 Å². The average molecular weight is 282 g/mol. The molecule has 0 saturated heterocycles. The first kappa shape index (κ1) is 15.1. The topological polar surface area (TPSA) is 32.3 Å². The molecule has 0 aromatic heterocycles. The van der Waals surface area contributed by atoms with Crippen molar-refractivity contribution >= 4 is 11.6 Å². The van der Waals surface area contributed by atoms with E-state index in [0.717, 1.165) is 16.8 Å². The van der Waals surface area contributed by atoms with Crippen molar-refractivity contribution in [1.82, 2.24) is 5.32 Å². The van der Waals surface area contributed by atoms with E-state index >= 15 is 0 Å². The van der Waals surface area contributed by atoms with Crippen LogP contribution in [0, 0.1) is 6.92 Å². The van der Waals surface area contributed by atoms with Gasteiger partial charge in [-0.2, -0.15) is 0 Å². The normalized spacial score (nSPS) is 11.8. The van der Waals surface area contributed by atoms with E-state index in [0.29, 0.717) is 6.54 Å². The lowest BCUT2D eigenvalue weighted by molar-refractivity contribution is 0.0951. The Morgan fingerprint density at radius 2 is 1.71 bits per heavy atom. The molecule has 0 heterocycles. The van der Waals surface area contributed by atoms with Gasteiger partial charge in [-0.25, -0.2) is 0 Å². The smallest absolute Gasteiger partial charge is 0.251 e. The van der Waals surface area contributed by atoms with Crippen LogP contribution in [0.4, 0.5) is 5.69 Å². The van der Waals surface area contributed by atoms with Crippen molar-refractivity contribution < 1.29 is 4.79 Å². The molecular formula is C18H22N2O. The zero-order chi connectivity index (χ0) is 15.2. The summed E-state index contributed by atoms with van der Waals surface area (Å²) >= 11 is 0. The quantitative estimate of drug-likeness (QED) is 0.913. The fourth-order valence-corrected chi connectivity index (χ4v) is 2.22. The van der Waals surface area contributed by atoms with Crippen molar-refractivity contribution in [3.8, 4) is 0 Å². The van der Waals surface area contributed by atoms with Crippen molar-refractivity contribution in [2.24, 2.45) is 0 Å². The van der Waals surface area contributed by atoms with Crippen LogP contribution < -0.4 is 10.2 Å². The third-order valence-corrected chi connectivity index (χ3v) is 3.77. The molecule has 0 unspecified atom stereocenters. The molecule has 0 aliphatic rings. The van der Waals surface area contributed by atoms with Crippen LogP contribution in [0.1, 0.15) is 22.8 Å². The van der Waals surface area contributed by atoms with E-state index in [1.165, 1.54) is 0 Å². The monoisotopic (exact) mass is 282 g/mol. The number of hydrogen-bond donors (Lipinski definition) is 1. The minimum absolute atomic E-state index is 0.0126. The molecule has 1 atom stereocenters. The molecule has 0 aliphatic carbocycles. The van der Waals surface area contributed by atoms with Crippen LogP contribution in [0.3, 0.4) is 0 Å². The highest BCUT2D eigenvalue weighted by atomic mass is 16.1. The maximum Gasteiger partial charge on any atom is 0.251 e. The van der Waals surface area contributed by atoms with E-state index < -0.39 is 0 Å². The predicted molar refractivity (Wildman–Crippen MR) is 87.8 cm³/mol. The third kappa shape index (κ3) is 3.85. The number of likely N-dealkylation sites (N-methyl/N-ethyl adjacent to an activating group) is 1. The minimum Gasteiger partial charge on any atom is -0.370 e. The van der Waals surface area contributed by atoms with Crippen LogP contribution in [0.25, 0.3) is 0 Å². The Kier molecular flexibility index (Phi) is 4.99. The van der Waals surface area contributed by atoms with Gasteiger partial charge in [-0.05, 0) is 37.6 Å². The molecule has 1 amide bonds. The molecule has 0 aliphatic heterocycles. The molecule has 0 radical (unpaired) electrons. The average Bonchev–Trinajstić information content (AvgIpc) is 2.52. The van der Waals surface area contributed by atoms with E-state index in [9.17, 15) is 4.79 Å². The number of aryl methyl sites for hydroxylation is 1. The molecule has 3 heteroatoms. The summed E-state index contributed by atoms with van der Waals surface area (Å²) in [5, 5.41) is 3.01. The van der Waals surface area contributed by atoms with Gasteiger partial charge in [0.25, 0.3) is 5.91 Å². The summed E-state index contributed by atoms with van der Waals surface area (Å²) in [5.74, 6) is -0.0126. The van der Waals surface area contributed by atoms with E-state index in [-0.39, 0.29) is 11.9 Å². The summed E-state index contributed by atoms with van der Waals surface area (Å²) in [4.78, 5) is 14.4. The number of carbonyl (C=O) groups excluding carboxylic acids is 1. The summed E-state index contributed by atoms with van der Waals surface area (Å²) in [6.07, 6.45) is 0. The largest absolute Gasteiger partial charge is 0.370 e. The van der Waals surface area contributed by atoms with Crippen LogP contribution in [-0.2, 0) is 0 Å². The molecule has 110 valence electrons. The number of benzene rings is 2. The molecule has 2 aromatic rings. The lowest BCUT2D eigenvalue weighted by Gasteiger charge is -2.27. The van der Waals surface area contributed by atoms with Gasteiger partial charge < -0.3 is 10.2 Å². The van der Waals surface area contributed by atoms with Crippen molar-refractivity contribution in [3.63, 3.8) is 0 Å². The zero-order valence-corrected chi connectivity index (χ0v) is 12.8. The molecular weight excluding hydrogens is 260 g/mol. The molecule has 1 N–H and O–H groups in total. The molecule has 2 aromatic carbocycles. The maximum atomic E-state index is 12.2. The van der Waals surface area contributed by atoms with E-state index in [2.05, 4.69) is 29.3 Å². The van der Waals surface area contributed by atoms with Crippen molar-refractivity contribution in [3.05, 3.63) is 65.7 Å². The van der Waals surface area contributed by atoms with Crippen molar-refractivity contribution in [2.75, 3.05) is 18.5 Å². The Labute approximate surface area is 126 Å². The molecule has 21 heavy (non-hydrogen) atoms. The second kappa shape index (κ2) is 6.93. The van der Waals surface area contributed by atoms with Crippen LogP contribution in [0.2, 0.25) is 0 Å². The first-order valence-corrected chi connectivity index (χ1v) is 7.21. The number of para-hydroxylation sites is 1. The van der Waals surface area contributed by atoms with Crippen LogP contribution in [0.5, 0.6) is 0 Å². The first-order chi connectivity index (χ1) is 10.1. The molecule has 0 spiro atoms. The number of amides is 1. The number of nitrogens with zero attached hydrogens (tertiary/aromatic N) is 1. The standard InChI is InChI=1S/C18H22N2O/c1-14-9-7-8-12-17(14)18(21)19-13-15(2)20(3)16-10-5-4-6-11-16/h4-12,15H,13H2,1-3H3,(H,19,21)/t15-/m0/s1. The Morgan fingerprint density at radius 3 is 2.38 bits per heavy atom. The summed E-state index contributed by atoms with van der Waals surface area (Å²) in [6.45, 7) is 4.66. The summed E-state index contributed by atoms with van der Waals surface area (Å²) in [7, 11) is 2.04. The summed E-state index contributed by atoms with van der Waals surface area (Å²) < 4.78 is 0. The number of anilines is 1. The first-order valence-electron chi connectivity index (χ1n) is 7.21. The second-order valence-electron chi connectivity index (χ2n) is 5.32. The predicted octanol–water partition coefficient (Wildman–Crippen LogP) is 3.25. The fraction of sp³-hybridized carbons (Fsp3) is 0.278. The molecule has 0 bridgehead atoms. The number of rotatable bonds is 5. The van der Waals surface area contributed by atoms with Gasteiger partial charge in [0.1, 0.15) is 0 Å². The maximum absolute atomic E-state index is 12.2. The number of hydrogen-bond acceptors (Lipinski definition) is 2. The lowest BCUT2D eigenvalue weighted by Crippen LogP contribution is -2.40. The lowest BCUT2D eigenvalue weighted by atomic mass is 10.1. The number of nitrogens with one attached hydrogen (secondary N) is 1. The van der Waals surface area contributed by atoms with Crippen LogP contribution in [0.15, 0.2) is 54.6 Å². The zero-order valence-electron chi connectivity index (χ0n) is 12.8. The SMILES string of the molecule is Cc1ccccc1C(=O)NC[C@H](C)N(C)c1ccccc1. The van der Waals surface area contributed by atoms with Gasteiger partial charge in [0.05, 0.1) is 0 Å². The van der Waals surface area contributed by atoms with Gasteiger partial charge in [0, 0.05) is 30.9 Å². The number of carbonyl (C=O) groups is 1. The Bertz CT molecular complexity index is 595. The van der Waals surface area contributed by atoms with E-state index in [1.807, 2.05) is 56.4 Å². The van der Waals surface area contributed by atoms with Gasteiger partial charge in [-0.3, -0.25) is 4.79 Å². The van der Waals surface area contributed by atoms with E-state index in [1.54, 1.807) is 0 Å². The molecule has 2 rings (SSSR count). The van der Waals surface area contributed by atoms with E-state index in [4.69, 9.17) is 0 Å². The molecule has 0 saturated carbocycles. The Balaban J connectivity index is 1.94. The molecule has 3 nitrogen and oxygen atoms in total. The van der Waals surface area contributed by atoms with Crippen LogP contribution >= 0.6 is 0 Å². The highest BCUT2D eigenvalue weighted by Crippen LogP contribution is 2.14. The van der Waals surface area contributed by atoms with Gasteiger partial charge in [-0.1, -0.05) is 36.4 Å². The Hall–Kier alpha value is -2.29. The van der Waals surface area contributed by atoms with Gasteiger partial charge in [0.2, 0.25) is 0 Å². The van der Waals surface area contributed by atoms with Crippen molar-refractivity contribution in [1.29, 1.82) is 0 Å². The minimum atomic E-state index is -0.0126.